The van der Waals surface area contributed by atoms with Crippen LogP contribution in [0.5, 0.6) is 5.75 Å². The number of nitrogens with two attached hydrogens (primary N) is 1. The minimum Gasteiger partial charge on any atom is -0.493 e. The molecule has 88 valence electrons. The van der Waals surface area contributed by atoms with Crippen LogP contribution in [0.1, 0.15) is 31.4 Å². The molecule has 0 aliphatic rings. The van der Waals surface area contributed by atoms with Crippen molar-refractivity contribution in [3.63, 3.8) is 0 Å². The summed E-state index contributed by atoms with van der Waals surface area (Å²) in [5, 5.41) is 0. The van der Waals surface area contributed by atoms with Gasteiger partial charge in [0.1, 0.15) is 5.75 Å². The Morgan fingerprint density at radius 3 is 2.94 bits per heavy atom. The Morgan fingerprint density at radius 1 is 1.56 bits per heavy atom. The molecule has 1 rings (SSSR count). The first-order valence-corrected chi connectivity index (χ1v) is 6.23. The highest BCUT2D eigenvalue weighted by Gasteiger charge is 2.08. The lowest BCUT2D eigenvalue weighted by atomic mass is 10.1. The molecule has 1 aromatic carbocycles. The molecule has 1 atom stereocenters. The zero-order valence-electron chi connectivity index (χ0n) is 9.58. The van der Waals surface area contributed by atoms with Crippen molar-refractivity contribution in [2.45, 2.75) is 25.8 Å². The van der Waals surface area contributed by atoms with E-state index in [1.54, 1.807) is 0 Å². The van der Waals surface area contributed by atoms with E-state index in [1.165, 1.54) is 0 Å². The van der Waals surface area contributed by atoms with Crippen LogP contribution in [0.25, 0.3) is 0 Å². The van der Waals surface area contributed by atoms with E-state index in [0.717, 1.165) is 28.6 Å². The largest absolute Gasteiger partial charge is 0.493 e. The maximum absolute atomic E-state index is 5.88. The van der Waals surface area contributed by atoms with Gasteiger partial charge in [-0.15, -0.1) is 6.58 Å². The molecule has 0 saturated heterocycles. The summed E-state index contributed by atoms with van der Waals surface area (Å²) in [4.78, 5) is 0. The monoisotopic (exact) mass is 283 g/mol. The summed E-state index contributed by atoms with van der Waals surface area (Å²) in [6.45, 7) is 6.34. The van der Waals surface area contributed by atoms with Crippen molar-refractivity contribution in [3.8, 4) is 5.75 Å². The fourth-order valence-corrected chi connectivity index (χ4v) is 1.76. The van der Waals surface area contributed by atoms with Crippen LogP contribution in [0.4, 0.5) is 0 Å². The Bertz CT molecular complexity index is 350. The summed E-state index contributed by atoms with van der Waals surface area (Å²) in [6.07, 6.45) is 3.85. The molecule has 0 radical (unpaired) electrons. The van der Waals surface area contributed by atoms with Crippen molar-refractivity contribution in [2.75, 3.05) is 6.61 Å². The first-order chi connectivity index (χ1) is 7.65. The van der Waals surface area contributed by atoms with Crippen LogP contribution in [0.15, 0.2) is 35.3 Å². The molecule has 0 fully saturated rings. The molecule has 2 N–H and O–H groups in total. The summed E-state index contributed by atoms with van der Waals surface area (Å²) in [7, 11) is 0. The smallest absolute Gasteiger partial charge is 0.125 e. The topological polar surface area (TPSA) is 35.2 Å². The average molecular weight is 284 g/mol. The van der Waals surface area contributed by atoms with Crippen LogP contribution in [0, 0.1) is 0 Å². The fraction of sp³-hybridized carbons (Fsp3) is 0.385. The Kier molecular flexibility index (Phi) is 5.56. The van der Waals surface area contributed by atoms with Gasteiger partial charge in [0, 0.05) is 16.1 Å². The predicted molar refractivity (Wildman–Crippen MR) is 71.7 cm³/mol. The molecule has 0 spiro atoms. The number of rotatable bonds is 6. The van der Waals surface area contributed by atoms with Crippen molar-refractivity contribution >= 4 is 15.9 Å². The van der Waals surface area contributed by atoms with E-state index in [1.807, 2.05) is 31.2 Å². The highest BCUT2D eigenvalue weighted by Crippen LogP contribution is 2.27. The maximum atomic E-state index is 5.88. The zero-order chi connectivity index (χ0) is 12.0. The normalized spacial score (nSPS) is 12.2. The van der Waals surface area contributed by atoms with Crippen LogP contribution in [0.3, 0.4) is 0 Å². The van der Waals surface area contributed by atoms with Crippen molar-refractivity contribution in [1.82, 2.24) is 0 Å². The Labute approximate surface area is 106 Å². The van der Waals surface area contributed by atoms with Crippen molar-refractivity contribution in [2.24, 2.45) is 5.73 Å². The van der Waals surface area contributed by atoms with Crippen molar-refractivity contribution in [3.05, 3.63) is 40.9 Å². The average Bonchev–Trinajstić information content (AvgIpc) is 2.24. The van der Waals surface area contributed by atoms with Gasteiger partial charge in [0.15, 0.2) is 0 Å². The SMILES string of the molecule is C=CCCCOc1cc(Br)ccc1[C@@H](C)N. The van der Waals surface area contributed by atoms with E-state index >= 15 is 0 Å². The second kappa shape index (κ2) is 6.71. The first-order valence-electron chi connectivity index (χ1n) is 5.44. The summed E-state index contributed by atoms with van der Waals surface area (Å²) in [5.41, 5.74) is 6.93. The fourth-order valence-electron chi connectivity index (χ4n) is 1.42. The molecule has 0 amide bonds. The molecular weight excluding hydrogens is 266 g/mol. The van der Waals surface area contributed by atoms with Crippen LogP contribution in [-0.2, 0) is 0 Å². The molecule has 0 saturated carbocycles. The Morgan fingerprint density at radius 2 is 2.31 bits per heavy atom. The summed E-state index contributed by atoms with van der Waals surface area (Å²) in [6, 6.07) is 5.93. The molecule has 0 heterocycles. The lowest BCUT2D eigenvalue weighted by Crippen LogP contribution is -2.08. The highest BCUT2D eigenvalue weighted by molar-refractivity contribution is 9.10. The third kappa shape index (κ3) is 3.99. The molecule has 0 bridgehead atoms. The van der Waals surface area contributed by atoms with Crippen LogP contribution >= 0.6 is 15.9 Å². The maximum Gasteiger partial charge on any atom is 0.125 e. The van der Waals surface area contributed by atoms with Gasteiger partial charge in [0.05, 0.1) is 6.61 Å². The molecule has 0 unspecified atom stereocenters. The van der Waals surface area contributed by atoms with Gasteiger partial charge in [-0.3, -0.25) is 0 Å². The Hall–Kier alpha value is -0.800. The minimum absolute atomic E-state index is 0.0116. The summed E-state index contributed by atoms with van der Waals surface area (Å²) < 4.78 is 6.73. The van der Waals surface area contributed by atoms with Gasteiger partial charge >= 0.3 is 0 Å². The van der Waals surface area contributed by atoms with Crippen LogP contribution in [0.2, 0.25) is 0 Å². The van der Waals surface area contributed by atoms with Gasteiger partial charge in [-0.1, -0.05) is 28.1 Å². The van der Waals surface area contributed by atoms with Gasteiger partial charge in [-0.05, 0) is 31.9 Å². The van der Waals surface area contributed by atoms with Gasteiger partial charge in [-0.2, -0.15) is 0 Å². The number of hydrogen-bond donors (Lipinski definition) is 1. The van der Waals surface area contributed by atoms with E-state index < -0.39 is 0 Å². The van der Waals surface area contributed by atoms with Crippen molar-refractivity contribution in [1.29, 1.82) is 0 Å². The number of halogens is 1. The van der Waals surface area contributed by atoms with Gasteiger partial charge in [-0.25, -0.2) is 0 Å². The molecule has 2 nitrogen and oxygen atoms in total. The first kappa shape index (κ1) is 13.3. The van der Waals surface area contributed by atoms with Crippen LogP contribution < -0.4 is 10.5 Å². The molecule has 0 aliphatic carbocycles. The van der Waals surface area contributed by atoms with Gasteiger partial charge in [0.2, 0.25) is 0 Å². The van der Waals surface area contributed by atoms with Crippen molar-refractivity contribution < 1.29 is 4.74 Å². The number of benzene rings is 1. The van der Waals surface area contributed by atoms with Gasteiger partial charge in [0.25, 0.3) is 0 Å². The van der Waals surface area contributed by atoms with Gasteiger partial charge < -0.3 is 10.5 Å². The minimum atomic E-state index is -0.0116. The van der Waals surface area contributed by atoms with E-state index in [9.17, 15) is 0 Å². The number of allylic oxidation sites excluding steroid dienone is 1. The zero-order valence-corrected chi connectivity index (χ0v) is 11.2. The number of ether oxygens (including phenoxy) is 1. The quantitative estimate of drug-likeness (QED) is 0.636. The molecule has 3 heteroatoms. The second-order valence-corrected chi connectivity index (χ2v) is 4.67. The standard InChI is InChI=1S/C13H18BrNO/c1-3-4-5-8-16-13-9-11(14)6-7-12(13)10(2)15/h3,6-7,9-10H,1,4-5,8,15H2,2H3/t10-/m1/s1. The lowest BCUT2D eigenvalue weighted by molar-refractivity contribution is 0.307. The lowest BCUT2D eigenvalue weighted by Gasteiger charge is -2.14. The number of hydrogen-bond acceptors (Lipinski definition) is 2. The van der Waals surface area contributed by atoms with E-state index in [2.05, 4.69) is 22.5 Å². The number of unbranched alkanes of at least 4 members (excludes halogenated alkanes) is 1. The third-order valence-electron chi connectivity index (χ3n) is 2.28. The van der Waals surface area contributed by atoms with E-state index in [4.69, 9.17) is 10.5 Å². The molecule has 1 aromatic rings. The summed E-state index contributed by atoms with van der Waals surface area (Å²) in [5.74, 6) is 0.869. The highest BCUT2D eigenvalue weighted by atomic mass is 79.9. The van der Waals surface area contributed by atoms with E-state index in [0.29, 0.717) is 6.61 Å². The van der Waals surface area contributed by atoms with Crippen LogP contribution in [-0.4, -0.2) is 6.61 Å². The predicted octanol–water partition coefficient (Wildman–Crippen LogP) is 3.81. The Balaban J connectivity index is 2.68. The molecular formula is C13H18BrNO. The molecule has 0 aliphatic heterocycles. The molecule has 16 heavy (non-hydrogen) atoms. The summed E-state index contributed by atoms with van der Waals surface area (Å²) >= 11 is 3.43. The van der Waals surface area contributed by atoms with E-state index in [-0.39, 0.29) is 6.04 Å². The molecule has 0 aromatic heterocycles. The third-order valence-corrected chi connectivity index (χ3v) is 2.77. The second-order valence-electron chi connectivity index (χ2n) is 3.75.